The summed E-state index contributed by atoms with van der Waals surface area (Å²) in [5.74, 6) is -0.432. The highest BCUT2D eigenvalue weighted by Crippen LogP contribution is 2.34. The van der Waals surface area contributed by atoms with Gasteiger partial charge in [0.2, 0.25) is 5.91 Å². The highest BCUT2D eigenvalue weighted by molar-refractivity contribution is 5.87. The average Bonchev–Trinajstić information content (AvgIpc) is 3.53. The third kappa shape index (κ3) is 5.87. The third-order valence-corrected chi connectivity index (χ3v) is 7.85. The molecule has 39 heavy (non-hydrogen) atoms. The fourth-order valence-corrected chi connectivity index (χ4v) is 5.72. The standard InChI is InChI=1S/C28H33F2N7O2/c1-3-26(38)37-12-11-36(15-21(37)8-9-31)27-23-16-35(14-19-13-20(29)6-7-24(19)30)17-25(23)32-28(33-27)39-18-22-5-4-10-34(22)2/h3,6-7,13,21-22H,1,4-5,8,10-12,14-18H2,2H3/t21-,22-/m0/s1. The van der Waals surface area contributed by atoms with Gasteiger partial charge in [0.25, 0.3) is 0 Å². The van der Waals surface area contributed by atoms with Crippen molar-refractivity contribution < 1.29 is 18.3 Å². The Balaban J connectivity index is 1.41. The van der Waals surface area contributed by atoms with Crippen LogP contribution in [0.3, 0.4) is 0 Å². The summed E-state index contributed by atoms with van der Waals surface area (Å²) < 4.78 is 34.3. The molecule has 9 nitrogen and oxygen atoms in total. The molecule has 1 aromatic heterocycles. The van der Waals surface area contributed by atoms with Crippen molar-refractivity contribution in [1.29, 1.82) is 5.26 Å². The molecule has 2 saturated heterocycles. The van der Waals surface area contributed by atoms with Gasteiger partial charge in [-0.2, -0.15) is 15.2 Å². The first-order chi connectivity index (χ1) is 18.9. The fraction of sp³-hybridized carbons (Fsp3) is 0.500. The molecule has 5 rings (SSSR count). The van der Waals surface area contributed by atoms with Crippen LogP contribution >= 0.6 is 0 Å². The lowest BCUT2D eigenvalue weighted by Gasteiger charge is -2.41. The molecule has 11 heteroatoms. The van der Waals surface area contributed by atoms with E-state index in [0.717, 1.165) is 42.8 Å². The van der Waals surface area contributed by atoms with Crippen molar-refractivity contribution in [2.45, 2.75) is 51.0 Å². The van der Waals surface area contributed by atoms with Crippen molar-refractivity contribution in [1.82, 2.24) is 24.7 Å². The highest BCUT2D eigenvalue weighted by atomic mass is 19.1. The summed E-state index contributed by atoms with van der Waals surface area (Å²) in [6.07, 6.45) is 3.64. The number of carbonyl (C=O) groups is 1. The number of rotatable bonds is 8. The molecule has 2 atom stereocenters. The Morgan fingerprint density at radius 3 is 2.82 bits per heavy atom. The number of ether oxygens (including phenoxy) is 1. The normalized spacial score (nSPS) is 21.6. The van der Waals surface area contributed by atoms with E-state index in [4.69, 9.17) is 14.7 Å². The predicted molar refractivity (Wildman–Crippen MR) is 141 cm³/mol. The summed E-state index contributed by atoms with van der Waals surface area (Å²) in [5, 5.41) is 9.41. The monoisotopic (exact) mass is 537 g/mol. The second-order valence-corrected chi connectivity index (χ2v) is 10.4. The van der Waals surface area contributed by atoms with Gasteiger partial charge < -0.3 is 19.4 Å². The summed E-state index contributed by atoms with van der Waals surface area (Å²) in [4.78, 5) is 30.0. The maximum atomic E-state index is 14.4. The highest BCUT2D eigenvalue weighted by Gasteiger charge is 2.34. The molecular formula is C28H33F2N7O2. The van der Waals surface area contributed by atoms with Crippen molar-refractivity contribution in [3.63, 3.8) is 0 Å². The summed E-state index contributed by atoms with van der Waals surface area (Å²) in [5.41, 5.74) is 1.97. The molecule has 3 aliphatic rings. The number of hydrogen-bond acceptors (Lipinski definition) is 8. The van der Waals surface area contributed by atoms with Gasteiger partial charge in [0.15, 0.2) is 0 Å². The lowest BCUT2D eigenvalue weighted by molar-refractivity contribution is -0.128. The Bertz CT molecular complexity index is 1280. The van der Waals surface area contributed by atoms with E-state index in [2.05, 4.69) is 29.5 Å². The zero-order chi connectivity index (χ0) is 27.5. The zero-order valence-corrected chi connectivity index (χ0v) is 22.2. The largest absolute Gasteiger partial charge is 0.462 e. The smallest absolute Gasteiger partial charge is 0.318 e. The molecule has 0 saturated carbocycles. The van der Waals surface area contributed by atoms with E-state index in [1.165, 1.54) is 12.1 Å². The van der Waals surface area contributed by atoms with Crippen LogP contribution in [-0.4, -0.2) is 82.5 Å². The van der Waals surface area contributed by atoms with Crippen LogP contribution in [0.1, 0.15) is 36.1 Å². The minimum absolute atomic E-state index is 0.186. The Kier molecular flexibility index (Phi) is 8.04. The molecule has 0 spiro atoms. The molecule has 1 amide bonds. The van der Waals surface area contributed by atoms with Crippen LogP contribution < -0.4 is 9.64 Å². The lowest BCUT2D eigenvalue weighted by Crippen LogP contribution is -2.55. The van der Waals surface area contributed by atoms with Crippen LogP contribution in [0.15, 0.2) is 30.9 Å². The number of anilines is 1. The molecule has 0 radical (unpaired) electrons. The first kappa shape index (κ1) is 27.0. The molecule has 1 aromatic carbocycles. The molecule has 2 aromatic rings. The molecule has 0 aliphatic carbocycles. The molecule has 0 unspecified atom stereocenters. The number of likely N-dealkylation sites (tertiary alicyclic amines) is 1. The van der Waals surface area contributed by atoms with Gasteiger partial charge in [0.1, 0.15) is 24.1 Å². The maximum Gasteiger partial charge on any atom is 0.318 e. The van der Waals surface area contributed by atoms with Crippen molar-refractivity contribution >= 4 is 11.7 Å². The Hall–Kier alpha value is -3.62. The van der Waals surface area contributed by atoms with Gasteiger partial charge in [-0.1, -0.05) is 6.58 Å². The quantitative estimate of drug-likeness (QED) is 0.475. The second kappa shape index (κ2) is 11.6. The van der Waals surface area contributed by atoms with E-state index in [-0.39, 0.29) is 36.5 Å². The van der Waals surface area contributed by atoms with Crippen molar-refractivity contribution in [2.75, 3.05) is 44.7 Å². The van der Waals surface area contributed by atoms with E-state index in [9.17, 15) is 18.8 Å². The van der Waals surface area contributed by atoms with Crippen molar-refractivity contribution in [3.8, 4) is 12.1 Å². The summed E-state index contributed by atoms with van der Waals surface area (Å²) >= 11 is 0. The number of fused-ring (bicyclic) bond motifs is 1. The van der Waals surface area contributed by atoms with Gasteiger partial charge in [0.05, 0.1) is 24.2 Å². The van der Waals surface area contributed by atoms with E-state index in [0.29, 0.717) is 51.2 Å². The van der Waals surface area contributed by atoms with Crippen LogP contribution in [0, 0.1) is 23.0 Å². The zero-order valence-electron chi connectivity index (χ0n) is 22.2. The molecule has 2 fully saturated rings. The SMILES string of the molecule is C=CC(=O)N1CCN(c2nc(OC[C@@H]3CCCN3C)nc3c2CN(Cc2cc(F)ccc2F)C3)C[C@@H]1CC#N. The van der Waals surface area contributed by atoms with Crippen molar-refractivity contribution in [2.24, 2.45) is 0 Å². The number of likely N-dealkylation sites (N-methyl/N-ethyl adjacent to an activating group) is 1. The summed E-state index contributed by atoms with van der Waals surface area (Å²) in [6, 6.07) is 5.94. The Labute approximate surface area is 227 Å². The van der Waals surface area contributed by atoms with Crippen LogP contribution in [0.25, 0.3) is 0 Å². The van der Waals surface area contributed by atoms with E-state index in [1.807, 2.05) is 4.90 Å². The third-order valence-electron chi connectivity index (χ3n) is 7.85. The molecule has 3 aliphatic heterocycles. The molecular weight excluding hydrogens is 504 g/mol. The van der Waals surface area contributed by atoms with Crippen molar-refractivity contribution in [3.05, 3.63) is 59.3 Å². The number of piperazine rings is 1. The number of nitrogens with zero attached hydrogens (tertiary/aromatic N) is 7. The van der Waals surface area contributed by atoms with Gasteiger partial charge in [-0.25, -0.2) is 8.78 Å². The number of halogens is 2. The van der Waals surface area contributed by atoms with E-state index >= 15 is 0 Å². The molecule has 0 bridgehead atoms. The minimum Gasteiger partial charge on any atom is -0.462 e. The second-order valence-electron chi connectivity index (χ2n) is 10.4. The number of carbonyl (C=O) groups excluding carboxylic acids is 1. The Morgan fingerprint density at radius 1 is 1.23 bits per heavy atom. The molecule has 206 valence electrons. The van der Waals surface area contributed by atoms with Gasteiger partial charge >= 0.3 is 6.01 Å². The first-order valence-electron chi connectivity index (χ1n) is 13.3. The lowest BCUT2D eigenvalue weighted by atomic mass is 10.1. The van der Waals surface area contributed by atoms with Gasteiger partial charge in [-0.3, -0.25) is 9.69 Å². The summed E-state index contributed by atoms with van der Waals surface area (Å²) in [6.45, 7) is 7.61. The van der Waals surface area contributed by atoms with E-state index < -0.39 is 11.6 Å². The number of nitriles is 1. The molecule has 4 heterocycles. The van der Waals surface area contributed by atoms with Gasteiger partial charge in [-0.15, -0.1) is 0 Å². The minimum atomic E-state index is -0.480. The summed E-state index contributed by atoms with van der Waals surface area (Å²) in [7, 11) is 2.08. The van der Waals surface area contributed by atoms with Gasteiger partial charge in [-0.05, 0) is 50.7 Å². The fourth-order valence-electron chi connectivity index (χ4n) is 5.72. The number of aromatic nitrogens is 2. The van der Waals surface area contributed by atoms with Crippen LogP contribution in [-0.2, 0) is 24.4 Å². The number of hydrogen-bond donors (Lipinski definition) is 0. The topological polar surface area (TPSA) is 88.8 Å². The van der Waals surface area contributed by atoms with Crippen LogP contribution in [0.4, 0.5) is 14.6 Å². The first-order valence-corrected chi connectivity index (χ1v) is 13.3. The Morgan fingerprint density at radius 2 is 2.08 bits per heavy atom. The predicted octanol–water partition coefficient (Wildman–Crippen LogP) is 2.86. The van der Waals surface area contributed by atoms with Crippen LogP contribution in [0.2, 0.25) is 0 Å². The average molecular weight is 538 g/mol. The maximum absolute atomic E-state index is 14.4. The van der Waals surface area contributed by atoms with Crippen LogP contribution in [0.5, 0.6) is 6.01 Å². The number of amides is 1. The number of benzene rings is 1. The van der Waals surface area contributed by atoms with E-state index in [1.54, 1.807) is 4.90 Å². The molecule has 0 N–H and O–H groups in total. The van der Waals surface area contributed by atoms with Gasteiger partial charge in [0, 0.05) is 56.4 Å².